The molecule has 0 atom stereocenters. The second-order valence-corrected chi connectivity index (χ2v) is 6.42. The van der Waals surface area contributed by atoms with Crippen molar-refractivity contribution in [3.8, 4) is 6.07 Å². The molecular formula is C17H15NO2S. The summed E-state index contributed by atoms with van der Waals surface area (Å²) < 4.78 is 12.8. The van der Waals surface area contributed by atoms with Crippen molar-refractivity contribution in [1.82, 2.24) is 0 Å². The van der Waals surface area contributed by atoms with Crippen LogP contribution in [0, 0.1) is 11.3 Å². The van der Waals surface area contributed by atoms with E-state index in [0.717, 1.165) is 24.8 Å². The molecule has 0 radical (unpaired) electrons. The number of benzene rings is 1. The Morgan fingerprint density at radius 3 is 2.81 bits per heavy atom. The molecule has 4 heteroatoms. The van der Waals surface area contributed by atoms with E-state index in [0.29, 0.717) is 13.2 Å². The van der Waals surface area contributed by atoms with E-state index in [9.17, 15) is 0 Å². The van der Waals surface area contributed by atoms with Gasteiger partial charge in [0, 0.05) is 22.9 Å². The summed E-state index contributed by atoms with van der Waals surface area (Å²) >= 11 is 1.74. The van der Waals surface area contributed by atoms with Gasteiger partial charge in [-0.25, -0.2) is 0 Å². The fraction of sp³-hybridized carbons (Fsp3) is 0.353. The second kappa shape index (κ2) is 4.96. The van der Waals surface area contributed by atoms with Crippen molar-refractivity contribution in [2.24, 2.45) is 0 Å². The monoisotopic (exact) mass is 297 g/mol. The first-order valence-corrected chi connectivity index (χ1v) is 8.06. The Morgan fingerprint density at radius 1 is 1.24 bits per heavy atom. The average molecular weight is 297 g/mol. The van der Waals surface area contributed by atoms with E-state index in [1.54, 1.807) is 11.3 Å². The second-order valence-electron chi connectivity index (χ2n) is 5.51. The van der Waals surface area contributed by atoms with Crippen molar-refractivity contribution < 1.29 is 9.47 Å². The predicted octanol–water partition coefficient (Wildman–Crippen LogP) is 4.08. The highest BCUT2D eigenvalue weighted by atomic mass is 32.1. The number of hydrogen-bond donors (Lipinski definition) is 0. The maximum Gasteiger partial charge on any atom is 0.172 e. The Kier molecular flexibility index (Phi) is 3.07. The summed E-state index contributed by atoms with van der Waals surface area (Å²) in [5.41, 5.74) is 3.33. The third-order valence-electron chi connectivity index (χ3n) is 4.30. The summed E-state index contributed by atoms with van der Waals surface area (Å²) in [5.74, 6) is -0.368. The molecule has 0 unspecified atom stereocenters. The maximum absolute atomic E-state index is 9.08. The number of allylic oxidation sites excluding steroid dienone is 1. The third kappa shape index (κ3) is 2.18. The molecule has 21 heavy (non-hydrogen) atoms. The lowest BCUT2D eigenvalue weighted by Gasteiger charge is -2.30. The Balaban J connectivity index is 1.71. The van der Waals surface area contributed by atoms with Crippen LogP contribution < -0.4 is 0 Å². The molecule has 0 saturated carbocycles. The summed E-state index contributed by atoms with van der Waals surface area (Å²) in [7, 11) is 0. The molecule has 1 aromatic heterocycles. The summed E-state index contributed by atoms with van der Waals surface area (Å²) in [5, 5.41) is 12.5. The Morgan fingerprint density at radius 2 is 2.10 bits per heavy atom. The van der Waals surface area contributed by atoms with Crippen molar-refractivity contribution in [2.45, 2.75) is 25.0 Å². The molecule has 1 aromatic carbocycles. The summed E-state index contributed by atoms with van der Waals surface area (Å²) in [4.78, 5) is 0. The summed E-state index contributed by atoms with van der Waals surface area (Å²) in [6, 6.07) is 8.14. The molecule has 106 valence electrons. The van der Waals surface area contributed by atoms with Crippen molar-refractivity contribution >= 4 is 27.0 Å². The van der Waals surface area contributed by atoms with Gasteiger partial charge in [-0.2, -0.15) is 5.26 Å². The number of fused-ring (bicyclic) bond motifs is 1. The highest BCUT2D eigenvalue weighted by Crippen LogP contribution is 2.41. The number of ether oxygens (including phenoxy) is 2. The van der Waals surface area contributed by atoms with Crippen LogP contribution in [0.2, 0.25) is 0 Å². The van der Waals surface area contributed by atoms with E-state index in [1.165, 1.54) is 21.2 Å². The van der Waals surface area contributed by atoms with Gasteiger partial charge < -0.3 is 9.47 Å². The molecule has 4 rings (SSSR count). The zero-order chi connectivity index (χ0) is 14.3. The average Bonchev–Trinajstić information content (AvgIpc) is 3.15. The SMILES string of the molecule is N#Cc1ccc2scc(C3=CCC4(CC3)OCCO4)c2c1. The lowest BCUT2D eigenvalue weighted by molar-refractivity contribution is -0.159. The zero-order valence-corrected chi connectivity index (χ0v) is 12.4. The van der Waals surface area contributed by atoms with Gasteiger partial charge in [0.05, 0.1) is 24.8 Å². The molecule has 2 aliphatic rings. The van der Waals surface area contributed by atoms with Gasteiger partial charge in [0.25, 0.3) is 0 Å². The smallest absolute Gasteiger partial charge is 0.172 e. The third-order valence-corrected chi connectivity index (χ3v) is 5.26. The normalized spacial score (nSPS) is 20.6. The molecule has 3 nitrogen and oxygen atoms in total. The maximum atomic E-state index is 9.08. The van der Waals surface area contributed by atoms with Crippen LogP contribution in [0.4, 0.5) is 0 Å². The zero-order valence-electron chi connectivity index (χ0n) is 11.6. The number of thiophene rings is 1. The van der Waals surface area contributed by atoms with Crippen LogP contribution in [-0.4, -0.2) is 19.0 Å². The fourth-order valence-electron chi connectivity index (χ4n) is 3.16. The van der Waals surface area contributed by atoms with Crippen LogP contribution in [0.1, 0.15) is 30.4 Å². The first-order valence-electron chi connectivity index (χ1n) is 7.18. The molecule has 1 aliphatic carbocycles. The van der Waals surface area contributed by atoms with Gasteiger partial charge >= 0.3 is 0 Å². The first kappa shape index (κ1) is 13.0. The van der Waals surface area contributed by atoms with Crippen molar-refractivity contribution in [2.75, 3.05) is 13.2 Å². The quantitative estimate of drug-likeness (QED) is 0.796. The topological polar surface area (TPSA) is 42.2 Å². The van der Waals surface area contributed by atoms with Gasteiger partial charge in [-0.3, -0.25) is 0 Å². The lowest BCUT2D eigenvalue weighted by atomic mass is 9.89. The van der Waals surface area contributed by atoms with E-state index in [2.05, 4.69) is 17.5 Å². The first-order chi connectivity index (χ1) is 10.3. The Labute approximate surface area is 127 Å². The largest absolute Gasteiger partial charge is 0.347 e. The molecule has 1 saturated heterocycles. The molecule has 1 aliphatic heterocycles. The number of nitrogens with zero attached hydrogens (tertiary/aromatic N) is 1. The van der Waals surface area contributed by atoms with E-state index in [4.69, 9.17) is 14.7 Å². The van der Waals surface area contributed by atoms with E-state index in [-0.39, 0.29) is 5.79 Å². The van der Waals surface area contributed by atoms with Crippen LogP contribution in [0.25, 0.3) is 15.7 Å². The fourth-order valence-corrected chi connectivity index (χ4v) is 4.12. The van der Waals surface area contributed by atoms with Crippen LogP contribution in [0.15, 0.2) is 29.7 Å². The molecule has 0 bridgehead atoms. The molecule has 1 fully saturated rings. The van der Waals surface area contributed by atoms with Gasteiger partial charge in [0.1, 0.15) is 0 Å². The van der Waals surface area contributed by atoms with Crippen LogP contribution in [0.5, 0.6) is 0 Å². The van der Waals surface area contributed by atoms with Crippen LogP contribution in [-0.2, 0) is 9.47 Å². The van der Waals surface area contributed by atoms with E-state index < -0.39 is 0 Å². The molecule has 2 aromatic rings. The summed E-state index contributed by atoms with van der Waals surface area (Å²) in [6.07, 6.45) is 4.93. The van der Waals surface area contributed by atoms with E-state index in [1.807, 2.05) is 18.2 Å². The van der Waals surface area contributed by atoms with Gasteiger partial charge in [-0.05, 0) is 41.1 Å². The minimum Gasteiger partial charge on any atom is -0.347 e. The Hall–Kier alpha value is -1.67. The minimum absolute atomic E-state index is 0.368. The van der Waals surface area contributed by atoms with Crippen LogP contribution in [0.3, 0.4) is 0 Å². The summed E-state index contributed by atoms with van der Waals surface area (Å²) in [6.45, 7) is 1.41. The highest BCUT2D eigenvalue weighted by molar-refractivity contribution is 7.17. The standard InChI is InChI=1S/C17H15NO2S/c18-10-12-1-2-16-14(9-12)15(11-21-16)13-3-5-17(6-4-13)19-7-8-20-17/h1-3,9,11H,4-8H2. The predicted molar refractivity (Wildman–Crippen MR) is 83.0 cm³/mol. The Bertz CT molecular complexity index is 763. The molecular weight excluding hydrogens is 282 g/mol. The van der Waals surface area contributed by atoms with Gasteiger partial charge in [0.15, 0.2) is 5.79 Å². The number of rotatable bonds is 1. The number of nitriles is 1. The van der Waals surface area contributed by atoms with Crippen molar-refractivity contribution in [3.05, 3.63) is 40.8 Å². The molecule has 0 N–H and O–H groups in total. The highest BCUT2D eigenvalue weighted by Gasteiger charge is 2.37. The molecule has 0 amide bonds. The van der Waals surface area contributed by atoms with Crippen LogP contribution >= 0.6 is 11.3 Å². The minimum atomic E-state index is -0.368. The lowest BCUT2D eigenvalue weighted by Crippen LogP contribution is -2.31. The van der Waals surface area contributed by atoms with Gasteiger partial charge in [0.2, 0.25) is 0 Å². The van der Waals surface area contributed by atoms with Gasteiger partial charge in [-0.1, -0.05) is 6.08 Å². The van der Waals surface area contributed by atoms with Crippen molar-refractivity contribution in [1.29, 1.82) is 5.26 Å². The number of hydrogen-bond acceptors (Lipinski definition) is 4. The van der Waals surface area contributed by atoms with Gasteiger partial charge in [-0.15, -0.1) is 11.3 Å². The van der Waals surface area contributed by atoms with Crippen molar-refractivity contribution in [3.63, 3.8) is 0 Å². The molecule has 1 spiro atoms. The molecule has 2 heterocycles. The van der Waals surface area contributed by atoms with E-state index >= 15 is 0 Å².